The van der Waals surface area contributed by atoms with Crippen LogP contribution in [0.3, 0.4) is 0 Å². The van der Waals surface area contributed by atoms with Crippen LogP contribution in [0.4, 0.5) is 0 Å². The van der Waals surface area contributed by atoms with E-state index in [2.05, 4.69) is 10.3 Å². The molecule has 1 N–H and O–H groups in total. The number of hydrogen-bond donors (Lipinski definition) is 1. The number of hydrogen-bond acceptors (Lipinski definition) is 5. The number of para-hydroxylation sites is 1. The summed E-state index contributed by atoms with van der Waals surface area (Å²) in [5.74, 6) is 0.0480. The number of carbonyl (C=O) groups excluding carboxylic acids is 1. The highest BCUT2D eigenvalue weighted by Crippen LogP contribution is 2.25. The van der Waals surface area contributed by atoms with Crippen LogP contribution in [0.1, 0.15) is 37.7 Å². The van der Waals surface area contributed by atoms with E-state index < -0.39 is 10.0 Å². The monoisotopic (exact) mass is 430 g/mol. The van der Waals surface area contributed by atoms with Crippen molar-refractivity contribution in [3.63, 3.8) is 0 Å². The Balaban J connectivity index is 1.38. The molecule has 8 heteroatoms. The van der Waals surface area contributed by atoms with Gasteiger partial charge in [0.25, 0.3) is 0 Å². The van der Waals surface area contributed by atoms with E-state index in [1.165, 1.54) is 23.6 Å². The Hall–Kier alpha value is -2.03. The molecular weight excluding hydrogens is 400 g/mol. The van der Waals surface area contributed by atoms with Gasteiger partial charge in [0.1, 0.15) is 4.90 Å². The maximum atomic E-state index is 13.3. The highest BCUT2D eigenvalue weighted by Gasteiger charge is 2.31. The molecule has 2 aliphatic rings. The van der Waals surface area contributed by atoms with Gasteiger partial charge in [0, 0.05) is 43.8 Å². The number of piperazine rings is 1. The number of pyridine rings is 1. The second-order valence-corrected chi connectivity index (χ2v) is 10.3. The highest BCUT2D eigenvalue weighted by atomic mass is 32.2. The quantitative estimate of drug-likeness (QED) is 0.787. The molecule has 0 radical (unpaired) electrons. The molecule has 162 valence electrons. The zero-order chi connectivity index (χ0) is 21.1. The Morgan fingerprint density at radius 3 is 2.60 bits per heavy atom. The first kappa shape index (κ1) is 21.2. The van der Waals surface area contributed by atoms with Crippen LogP contribution < -0.4 is 5.32 Å². The molecule has 2 heterocycles. The van der Waals surface area contributed by atoms with Crippen LogP contribution in [-0.2, 0) is 14.8 Å². The summed E-state index contributed by atoms with van der Waals surface area (Å²) >= 11 is 0. The number of sulfonamides is 1. The fourth-order valence-electron chi connectivity index (χ4n) is 4.44. The smallest absolute Gasteiger partial charge is 0.245 e. The zero-order valence-electron chi connectivity index (χ0n) is 17.5. The van der Waals surface area contributed by atoms with Crippen LogP contribution in [0.2, 0.25) is 0 Å². The lowest BCUT2D eigenvalue weighted by molar-refractivity contribution is -0.123. The number of benzene rings is 1. The Bertz CT molecular complexity index is 1010. The van der Waals surface area contributed by atoms with E-state index in [9.17, 15) is 13.2 Å². The summed E-state index contributed by atoms with van der Waals surface area (Å²) in [6.07, 6.45) is 7.46. The molecule has 1 saturated heterocycles. The molecular formula is C22H30N4O3S. The minimum Gasteiger partial charge on any atom is -0.352 e. The topological polar surface area (TPSA) is 82.6 Å². The number of aryl methyl sites for hydroxylation is 1. The number of nitrogens with zero attached hydrogens (tertiary/aromatic N) is 3. The van der Waals surface area contributed by atoms with Crippen molar-refractivity contribution in [2.24, 2.45) is 0 Å². The fraction of sp³-hybridized carbons (Fsp3) is 0.545. The third-order valence-electron chi connectivity index (χ3n) is 6.10. The van der Waals surface area contributed by atoms with Crippen LogP contribution in [-0.4, -0.2) is 67.3 Å². The first-order valence-corrected chi connectivity index (χ1v) is 12.2. The Morgan fingerprint density at radius 2 is 1.87 bits per heavy atom. The summed E-state index contributed by atoms with van der Waals surface area (Å²) in [7, 11) is -3.63. The van der Waals surface area contributed by atoms with Gasteiger partial charge >= 0.3 is 0 Å². The largest absolute Gasteiger partial charge is 0.352 e. The van der Waals surface area contributed by atoms with Crippen molar-refractivity contribution in [2.45, 2.75) is 50.0 Å². The molecule has 1 aliphatic carbocycles. The number of nitrogens with one attached hydrogen (secondary N) is 1. The van der Waals surface area contributed by atoms with Crippen LogP contribution in [0.25, 0.3) is 10.9 Å². The van der Waals surface area contributed by atoms with Gasteiger partial charge in [-0.25, -0.2) is 8.42 Å². The number of aromatic nitrogens is 1. The van der Waals surface area contributed by atoms with Gasteiger partial charge in [-0.1, -0.05) is 31.4 Å². The third kappa shape index (κ3) is 4.66. The maximum Gasteiger partial charge on any atom is 0.245 e. The summed E-state index contributed by atoms with van der Waals surface area (Å²) < 4.78 is 28.0. The molecule has 1 aromatic heterocycles. The van der Waals surface area contributed by atoms with Crippen molar-refractivity contribution < 1.29 is 13.2 Å². The molecule has 1 aromatic carbocycles. The minimum absolute atomic E-state index is 0.0480. The van der Waals surface area contributed by atoms with Crippen molar-refractivity contribution in [3.05, 3.63) is 36.0 Å². The molecule has 0 unspecified atom stereocenters. The first-order valence-electron chi connectivity index (χ1n) is 10.8. The van der Waals surface area contributed by atoms with Gasteiger partial charge in [0.2, 0.25) is 15.9 Å². The Morgan fingerprint density at radius 1 is 1.13 bits per heavy atom. The lowest BCUT2D eigenvalue weighted by Gasteiger charge is -2.34. The van der Waals surface area contributed by atoms with Crippen molar-refractivity contribution in [3.8, 4) is 0 Å². The summed E-state index contributed by atoms with van der Waals surface area (Å²) in [6, 6.07) is 7.53. The summed E-state index contributed by atoms with van der Waals surface area (Å²) in [5, 5.41) is 3.97. The van der Waals surface area contributed by atoms with Crippen molar-refractivity contribution in [1.82, 2.24) is 19.5 Å². The van der Waals surface area contributed by atoms with Crippen molar-refractivity contribution >= 4 is 26.8 Å². The number of carbonyl (C=O) groups is 1. The molecule has 1 aliphatic heterocycles. The van der Waals surface area contributed by atoms with E-state index in [-0.39, 0.29) is 10.8 Å². The zero-order valence-corrected chi connectivity index (χ0v) is 18.3. The number of fused-ring (bicyclic) bond motifs is 1. The summed E-state index contributed by atoms with van der Waals surface area (Å²) in [4.78, 5) is 19.0. The van der Waals surface area contributed by atoms with E-state index in [0.29, 0.717) is 44.3 Å². The van der Waals surface area contributed by atoms with Crippen LogP contribution in [0, 0.1) is 6.92 Å². The normalized spacial score (nSPS) is 19.8. The standard InChI is InChI=1S/C22H30N4O3S/c1-17-14-18-6-5-9-20(22(18)23-15-17)30(28,29)26-12-10-25(11-13-26)16-21(27)24-19-7-3-2-4-8-19/h5-6,9,14-15,19H,2-4,7-8,10-13,16H2,1H3,(H,24,27). The van der Waals surface area contributed by atoms with Gasteiger partial charge < -0.3 is 5.32 Å². The van der Waals surface area contributed by atoms with E-state index in [1.54, 1.807) is 18.3 Å². The first-order chi connectivity index (χ1) is 14.4. The van der Waals surface area contributed by atoms with E-state index in [1.807, 2.05) is 24.0 Å². The predicted octanol–water partition coefficient (Wildman–Crippen LogP) is 2.30. The fourth-order valence-corrected chi connectivity index (χ4v) is 6.03. The minimum atomic E-state index is -3.63. The average molecular weight is 431 g/mol. The molecule has 1 saturated carbocycles. The lowest BCUT2D eigenvalue weighted by atomic mass is 9.95. The Kier molecular flexibility index (Phi) is 6.36. The third-order valence-corrected chi connectivity index (χ3v) is 8.03. The number of amides is 1. The predicted molar refractivity (Wildman–Crippen MR) is 117 cm³/mol. The van der Waals surface area contributed by atoms with Gasteiger partial charge in [-0.3, -0.25) is 14.7 Å². The average Bonchev–Trinajstić information content (AvgIpc) is 2.74. The van der Waals surface area contributed by atoms with Gasteiger partial charge in [-0.05, 0) is 37.5 Å². The second-order valence-electron chi connectivity index (χ2n) is 8.42. The van der Waals surface area contributed by atoms with Crippen molar-refractivity contribution in [2.75, 3.05) is 32.7 Å². The van der Waals surface area contributed by atoms with Gasteiger partial charge in [0.05, 0.1) is 12.1 Å². The summed E-state index contributed by atoms with van der Waals surface area (Å²) in [6.45, 7) is 4.13. The van der Waals surface area contributed by atoms with E-state index in [4.69, 9.17) is 0 Å². The van der Waals surface area contributed by atoms with E-state index >= 15 is 0 Å². The van der Waals surface area contributed by atoms with Gasteiger partial charge in [-0.15, -0.1) is 0 Å². The SMILES string of the molecule is Cc1cnc2c(S(=O)(=O)N3CCN(CC(=O)NC4CCCCC4)CC3)cccc2c1. The molecule has 0 spiro atoms. The molecule has 4 rings (SSSR count). The molecule has 0 bridgehead atoms. The summed E-state index contributed by atoms with van der Waals surface area (Å²) in [5.41, 5.74) is 1.51. The molecule has 30 heavy (non-hydrogen) atoms. The maximum absolute atomic E-state index is 13.3. The van der Waals surface area contributed by atoms with Crippen LogP contribution in [0.5, 0.6) is 0 Å². The number of rotatable bonds is 5. The molecule has 7 nitrogen and oxygen atoms in total. The van der Waals surface area contributed by atoms with Gasteiger partial charge in [-0.2, -0.15) is 4.31 Å². The highest BCUT2D eigenvalue weighted by molar-refractivity contribution is 7.89. The van der Waals surface area contributed by atoms with Crippen LogP contribution >= 0.6 is 0 Å². The molecule has 2 aromatic rings. The lowest BCUT2D eigenvalue weighted by Crippen LogP contribution is -2.51. The molecule has 0 atom stereocenters. The second kappa shape index (κ2) is 8.99. The Labute approximate surface area is 178 Å². The van der Waals surface area contributed by atoms with E-state index in [0.717, 1.165) is 23.8 Å². The molecule has 1 amide bonds. The van der Waals surface area contributed by atoms with Crippen LogP contribution in [0.15, 0.2) is 35.4 Å². The molecule has 2 fully saturated rings. The van der Waals surface area contributed by atoms with Gasteiger partial charge in [0.15, 0.2) is 0 Å². The van der Waals surface area contributed by atoms with Crippen molar-refractivity contribution in [1.29, 1.82) is 0 Å².